The summed E-state index contributed by atoms with van der Waals surface area (Å²) in [4.78, 5) is 27.8. The fraction of sp³-hybridized carbons (Fsp3) is 0.389. The normalized spacial score (nSPS) is 12.0. The maximum atomic E-state index is 12.3. The van der Waals surface area contributed by atoms with Crippen molar-refractivity contribution >= 4 is 17.5 Å². The first-order chi connectivity index (χ1) is 11.4. The van der Waals surface area contributed by atoms with Gasteiger partial charge in [-0.3, -0.25) is 9.59 Å². The molecule has 0 aliphatic carbocycles. The van der Waals surface area contributed by atoms with Gasteiger partial charge in [0.25, 0.3) is 0 Å². The van der Waals surface area contributed by atoms with Crippen LogP contribution in [0, 0.1) is 5.92 Å². The number of anilines is 1. The van der Waals surface area contributed by atoms with Crippen molar-refractivity contribution in [3.05, 3.63) is 48.0 Å². The molecule has 0 saturated carbocycles. The maximum absolute atomic E-state index is 12.3. The number of imidazole rings is 1. The summed E-state index contributed by atoms with van der Waals surface area (Å²) < 4.78 is 1.89. The molecular weight excluding hydrogens is 304 g/mol. The highest BCUT2D eigenvalue weighted by Gasteiger charge is 2.21. The number of nitrogens with zero attached hydrogens (tertiary/aromatic N) is 2. The van der Waals surface area contributed by atoms with E-state index >= 15 is 0 Å². The Morgan fingerprint density at radius 1 is 1.21 bits per heavy atom. The van der Waals surface area contributed by atoms with Crippen molar-refractivity contribution < 1.29 is 9.59 Å². The molecular formula is C18H24N4O2. The van der Waals surface area contributed by atoms with Crippen LogP contribution in [0.15, 0.2) is 36.7 Å². The number of aromatic nitrogens is 2. The topological polar surface area (TPSA) is 76.0 Å². The first-order valence-electron chi connectivity index (χ1n) is 8.01. The average Bonchev–Trinajstić information content (AvgIpc) is 2.90. The fourth-order valence-electron chi connectivity index (χ4n) is 2.51. The van der Waals surface area contributed by atoms with Crippen LogP contribution < -0.4 is 10.6 Å². The van der Waals surface area contributed by atoms with Crippen LogP contribution in [0.5, 0.6) is 0 Å². The predicted molar refractivity (Wildman–Crippen MR) is 93.4 cm³/mol. The van der Waals surface area contributed by atoms with Gasteiger partial charge < -0.3 is 15.2 Å². The van der Waals surface area contributed by atoms with Gasteiger partial charge in [0, 0.05) is 38.5 Å². The second kappa shape index (κ2) is 7.77. The third-order valence-corrected chi connectivity index (χ3v) is 3.58. The van der Waals surface area contributed by atoms with E-state index in [1.807, 2.05) is 55.9 Å². The van der Waals surface area contributed by atoms with Gasteiger partial charge in [-0.15, -0.1) is 0 Å². The number of carbonyl (C=O) groups excluding carboxylic acids is 2. The molecule has 0 aliphatic rings. The van der Waals surface area contributed by atoms with Crippen molar-refractivity contribution in [2.75, 3.05) is 5.32 Å². The Balaban J connectivity index is 2.27. The van der Waals surface area contributed by atoms with Crippen LogP contribution >= 0.6 is 0 Å². The molecule has 2 amide bonds. The molecule has 0 saturated heterocycles. The summed E-state index contributed by atoms with van der Waals surface area (Å²) in [6.07, 6.45) is 4.02. The molecule has 6 nitrogen and oxygen atoms in total. The van der Waals surface area contributed by atoms with E-state index in [-0.39, 0.29) is 23.8 Å². The average molecular weight is 328 g/mol. The van der Waals surface area contributed by atoms with E-state index < -0.39 is 0 Å². The maximum Gasteiger partial charge on any atom is 0.221 e. The van der Waals surface area contributed by atoms with Crippen molar-refractivity contribution in [1.82, 2.24) is 14.9 Å². The molecule has 0 bridgehead atoms. The van der Waals surface area contributed by atoms with E-state index in [1.165, 1.54) is 6.92 Å². The van der Waals surface area contributed by atoms with Crippen molar-refractivity contribution in [2.45, 2.75) is 33.2 Å². The van der Waals surface area contributed by atoms with E-state index in [9.17, 15) is 9.59 Å². The van der Waals surface area contributed by atoms with Gasteiger partial charge in [-0.25, -0.2) is 4.98 Å². The summed E-state index contributed by atoms with van der Waals surface area (Å²) in [5.41, 5.74) is 1.63. The van der Waals surface area contributed by atoms with Crippen molar-refractivity contribution in [3.63, 3.8) is 0 Å². The Morgan fingerprint density at radius 2 is 1.88 bits per heavy atom. The molecule has 1 unspecified atom stereocenters. The molecule has 1 atom stereocenters. The third-order valence-electron chi connectivity index (χ3n) is 3.58. The molecule has 2 N–H and O–H groups in total. The summed E-state index contributed by atoms with van der Waals surface area (Å²) in [5.74, 6) is 0.922. The summed E-state index contributed by atoms with van der Waals surface area (Å²) in [6.45, 7) is 5.49. The minimum absolute atomic E-state index is 0.0102. The van der Waals surface area contributed by atoms with Gasteiger partial charge in [0.2, 0.25) is 11.8 Å². The van der Waals surface area contributed by atoms with Crippen LogP contribution in [-0.4, -0.2) is 21.4 Å². The highest BCUT2D eigenvalue weighted by molar-refractivity contribution is 5.88. The summed E-state index contributed by atoms with van der Waals surface area (Å²) in [7, 11) is 1.90. The highest BCUT2D eigenvalue weighted by atomic mass is 16.2. The molecule has 0 radical (unpaired) electrons. The second-order valence-corrected chi connectivity index (χ2v) is 6.30. The van der Waals surface area contributed by atoms with Gasteiger partial charge in [-0.2, -0.15) is 0 Å². The van der Waals surface area contributed by atoms with Crippen LogP contribution in [-0.2, 0) is 16.6 Å². The zero-order chi connectivity index (χ0) is 17.7. The van der Waals surface area contributed by atoms with E-state index in [4.69, 9.17) is 0 Å². The third kappa shape index (κ3) is 4.68. The van der Waals surface area contributed by atoms with E-state index in [1.54, 1.807) is 6.20 Å². The van der Waals surface area contributed by atoms with Gasteiger partial charge >= 0.3 is 0 Å². The lowest BCUT2D eigenvalue weighted by Gasteiger charge is -2.20. The first kappa shape index (κ1) is 17.7. The van der Waals surface area contributed by atoms with Crippen LogP contribution in [0.25, 0.3) is 0 Å². The Kier molecular flexibility index (Phi) is 5.73. The lowest BCUT2D eigenvalue weighted by molar-refractivity contribution is -0.122. The lowest BCUT2D eigenvalue weighted by atomic mass is 10.0. The van der Waals surface area contributed by atoms with Crippen LogP contribution in [0.2, 0.25) is 0 Å². The molecule has 0 fully saturated rings. The number of benzene rings is 1. The molecule has 1 aromatic heterocycles. The molecule has 0 aliphatic heterocycles. The molecule has 2 rings (SSSR count). The quantitative estimate of drug-likeness (QED) is 0.856. The number of hydrogen-bond donors (Lipinski definition) is 2. The predicted octanol–water partition coefficient (Wildman–Crippen LogP) is 2.63. The van der Waals surface area contributed by atoms with Crippen LogP contribution in [0.3, 0.4) is 0 Å². The Hall–Kier alpha value is -2.63. The van der Waals surface area contributed by atoms with Gasteiger partial charge in [0.15, 0.2) is 0 Å². The standard InChI is InChI=1S/C18H24N4O2/c1-12(2)11-16(24)21-17(18-19-9-10-22(18)4)14-5-7-15(8-6-14)20-13(3)23/h5-10,12,17H,11H2,1-4H3,(H,20,23)(H,21,24). The number of aryl methyl sites for hydroxylation is 1. The molecule has 0 spiro atoms. The van der Waals surface area contributed by atoms with Gasteiger partial charge in [-0.1, -0.05) is 26.0 Å². The molecule has 1 aromatic carbocycles. The summed E-state index contributed by atoms with van der Waals surface area (Å²) in [6, 6.07) is 7.09. The number of amides is 2. The molecule has 1 heterocycles. The molecule has 128 valence electrons. The lowest BCUT2D eigenvalue weighted by Crippen LogP contribution is -2.31. The van der Waals surface area contributed by atoms with Gasteiger partial charge in [0.1, 0.15) is 11.9 Å². The van der Waals surface area contributed by atoms with Gasteiger partial charge in [-0.05, 0) is 23.6 Å². The minimum atomic E-state index is -0.331. The number of rotatable bonds is 6. The van der Waals surface area contributed by atoms with Gasteiger partial charge in [0.05, 0.1) is 0 Å². The number of hydrogen-bond acceptors (Lipinski definition) is 3. The summed E-state index contributed by atoms with van der Waals surface area (Å²) in [5, 5.41) is 5.80. The van der Waals surface area contributed by atoms with Crippen molar-refractivity contribution in [1.29, 1.82) is 0 Å². The fourth-order valence-corrected chi connectivity index (χ4v) is 2.51. The molecule has 6 heteroatoms. The Morgan fingerprint density at radius 3 is 2.38 bits per heavy atom. The Labute approximate surface area is 142 Å². The summed E-state index contributed by atoms with van der Waals surface area (Å²) >= 11 is 0. The van der Waals surface area contributed by atoms with Crippen LogP contribution in [0.4, 0.5) is 5.69 Å². The van der Waals surface area contributed by atoms with Crippen molar-refractivity contribution in [2.24, 2.45) is 13.0 Å². The first-order valence-corrected chi connectivity index (χ1v) is 8.01. The number of carbonyl (C=O) groups is 2. The van der Waals surface area contributed by atoms with Crippen LogP contribution in [0.1, 0.15) is 44.6 Å². The van der Waals surface area contributed by atoms with Crippen molar-refractivity contribution in [3.8, 4) is 0 Å². The van der Waals surface area contributed by atoms with E-state index in [0.717, 1.165) is 17.1 Å². The molecule has 24 heavy (non-hydrogen) atoms. The largest absolute Gasteiger partial charge is 0.342 e. The highest BCUT2D eigenvalue weighted by Crippen LogP contribution is 2.22. The minimum Gasteiger partial charge on any atom is -0.342 e. The number of nitrogens with one attached hydrogen (secondary N) is 2. The molecule has 2 aromatic rings. The SMILES string of the molecule is CC(=O)Nc1ccc(C(NC(=O)CC(C)C)c2nccn2C)cc1. The van der Waals surface area contributed by atoms with E-state index in [2.05, 4.69) is 15.6 Å². The van der Waals surface area contributed by atoms with E-state index in [0.29, 0.717) is 6.42 Å². The second-order valence-electron chi connectivity index (χ2n) is 6.30. The zero-order valence-corrected chi connectivity index (χ0v) is 14.5. The smallest absolute Gasteiger partial charge is 0.221 e. The monoisotopic (exact) mass is 328 g/mol. The zero-order valence-electron chi connectivity index (χ0n) is 14.5. The Bertz CT molecular complexity index is 704.